The van der Waals surface area contributed by atoms with Gasteiger partial charge in [-0.2, -0.15) is 0 Å². The van der Waals surface area contributed by atoms with Crippen molar-refractivity contribution in [3.63, 3.8) is 0 Å². The van der Waals surface area contributed by atoms with E-state index in [1.807, 2.05) is 7.05 Å². The summed E-state index contributed by atoms with van der Waals surface area (Å²) in [6.45, 7) is 6.26. The Hall–Kier alpha value is -0.490. The minimum Gasteiger partial charge on any atom is -0.376 e. The van der Waals surface area contributed by atoms with Crippen LogP contribution in [0.3, 0.4) is 0 Å². The van der Waals surface area contributed by atoms with Gasteiger partial charge in [-0.3, -0.25) is 0 Å². The Morgan fingerprint density at radius 2 is 2.29 bits per heavy atom. The van der Waals surface area contributed by atoms with Gasteiger partial charge in [0.05, 0.1) is 36.6 Å². The van der Waals surface area contributed by atoms with Gasteiger partial charge < -0.3 is 14.8 Å². The van der Waals surface area contributed by atoms with Crippen molar-refractivity contribution in [2.45, 2.75) is 32.4 Å². The van der Waals surface area contributed by atoms with E-state index < -0.39 is 0 Å². The molecule has 2 rings (SSSR count). The second-order valence-electron chi connectivity index (χ2n) is 4.33. The third-order valence-corrected chi connectivity index (χ3v) is 4.22. The molecule has 2 unspecified atom stereocenters. The Kier molecular flexibility index (Phi) is 4.50. The summed E-state index contributed by atoms with van der Waals surface area (Å²) in [6.07, 6.45) is 1.04. The van der Waals surface area contributed by atoms with E-state index in [1.165, 1.54) is 9.88 Å². The van der Waals surface area contributed by atoms with Crippen LogP contribution >= 0.6 is 11.3 Å². The summed E-state index contributed by atoms with van der Waals surface area (Å²) in [4.78, 5) is 5.88. The van der Waals surface area contributed by atoms with E-state index in [1.54, 1.807) is 11.3 Å². The van der Waals surface area contributed by atoms with Gasteiger partial charge in [0.2, 0.25) is 0 Å². The van der Waals surface area contributed by atoms with Gasteiger partial charge in [0.15, 0.2) is 0 Å². The summed E-state index contributed by atoms with van der Waals surface area (Å²) in [5, 5.41) is 4.49. The Balaban J connectivity index is 1.98. The highest BCUT2D eigenvalue weighted by Gasteiger charge is 2.25. The van der Waals surface area contributed by atoms with Crippen molar-refractivity contribution >= 4 is 11.3 Å². The van der Waals surface area contributed by atoms with E-state index in [2.05, 4.69) is 24.1 Å². The first kappa shape index (κ1) is 13.0. The number of rotatable bonds is 4. The van der Waals surface area contributed by atoms with Crippen LogP contribution in [0.4, 0.5) is 0 Å². The van der Waals surface area contributed by atoms with Crippen LogP contribution in [0, 0.1) is 13.8 Å². The molecule has 1 N–H and O–H groups in total. The maximum Gasteiger partial charge on any atom is 0.0966 e. The molecule has 0 amide bonds. The number of hydrogen-bond donors (Lipinski definition) is 1. The van der Waals surface area contributed by atoms with Gasteiger partial charge in [-0.1, -0.05) is 0 Å². The summed E-state index contributed by atoms with van der Waals surface area (Å²) in [5.41, 5.74) is 1.14. The highest BCUT2D eigenvalue weighted by molar-refractivity contribution is 7.11. The van der Waals surface area contributed by atoms with E-state index in [-0.39, 0.29) is 12.1 Å². The Morgan fingerprint density at radius 1 is 1.47 bits per heavy atom. The molecule has 1 aliphatic heterocycles. The van der Waals surface area contributed by atoms with Crippen molar-refractivity contribution in [3.8, 4) is 0 Å². The van der Waals surface area contributed by atoms with Crippen LogP contribution in [0.2, 0.25) is 0 Å². The number of ether oxygens (including phenoxy) is 2. The fourth-order valence-electron chi connectivity index (χ4n) is 1.97. The van der Waals surface area contributed by atoms with Gasteiger partial charge >= 0.3 is 0 Å². The second kappa shape index (κ2) is 5.91. The zero-order valence-electron chi connectivity index (χ0n) is 10.7. The largest absolute Gasteiger partial charge is 0.376 e. The van der Waals surface area contributed by atoms with E-state index in [0.717, 1.165) is 12.1 Å². The highest BCUT2D eigenvalue weighted by Crippen LogP contribution is 2.19. The lowest BCUT2D eigenvalue weighted by molar-refractivity contribution is -0.100. The molecule has 0 aromatic carbocycles. The first-order valence-corrected chi connectivity index (χ1v) is 6.82. The van der Waals surface area contributed by atoms with Gasteiger partial charge in [-0.25, -0.2) is 4.98 Å². The van der Waals surface area contributed by atoms with E-state index in [9.17, 15) is 0 Å². The molecule has 0 radical (unpaired) electrons. The van der Waals surface area contributed by atoms with Crippen LogP contribution in [0.15, 0.2) is 0 Å². The van der Waals surface area contributed by atoms with Gasteiger partial charge in [-0.05, 0) is 20.9 Å². The van der Waals surface area contributed by atoms with Crippen LogP contribution in [0.5, 0.6) is 0 Å². The molecule has 1 aromatic rings. The number of nitrogens with one attached hydrogen (secondary N) is 1. The normalized spacial score (nSPS) is 22.6. The lowest BCUT2D eigenvalue weighted by Gasteiger charge is -2.29. The summed E-state index contributed by atoms with van der Waals surface area (Å²) in [5.74, 6) is 0. The van der Waals surface area contributed by atoms with Crippen molar-refractivity contribution in [3.05, 3.63) is 15.6 Å². The Labute approximate surface area is 106 Å². The molecule has 0 saturated carbocycles. The fraction of sp³-hybridized carbons (Fsp3) is 0.750. The summed E-state index contributed by atoms with van der Waals surface area (Å²) in [6, 6.07) is 0.278. The third kappa shape index (κ3) is 3.25. The number of nitrogens with zero attached hydrogens (tertiary/aromatic N) is 1. The Bertz CT molecular complexity index is 342. The maximum atomic E-state index is 5.73. The van der Waals surface area contributed by atoms with Gasteiger partial charge in [0.1, 0.15) is 0 Å². The first-order chi connectivity index (χ1) is 8.20. The second-order valence-corrected chi connectivity index (χ2v) is 5.62. The van der Waals surface area contributed by atoms with Crippen molar-refractivity contribution in [2.24, 2.45) is 0 Å². The van der Waals surface area contributed by atoms with E-state index in [4.69, 9.17) is 9.47 Å². The minimum atomic E-state index is 0.137. The average Bonchev–Trinajstić information content (AvgIpc) is 2.67. The van der Waals surface area contributed by atoms with Gasteiger partial charge in [0, 0.05) is 17.3 Å². The number of thiazole rings is 1. The van der Waals surface area contributed by atoms with E-state index in [0.29, 0.717) is 19.8 Å². The van der Waals surface area contributed by atoms with Crippen molar-refractivity contribution < 1.29 is 9.47 Å². The highest BCUT2D eigenvalue weighted by atomic mass is 32.1. The predicted molar refractivity (Wildman–Crippen MR) is 68.7 cm³/mol. The van der Waals surface area contributed by atoms with E-state index >= 15 is 0 Å². The number of aromatic nitrogens is 1. The molecule has 96 valence electrons. The molecule has 2 atom stereocenters. The van der Waals surface area contributed by atoms with Crippen LogP contribution in [-0.2, 0) is 15.9 Å². The summed E-state index contributed by atoms with van der Waals surface area (Å²) in [7, 11) is 1.97. The Morgan fingerprint density at radius 3 is 2.82 bits per heavy atom. The molecule has 4 nitrogen and oxygen atoms in total. The molecular weight excluding hydrogens is 236 g/mol. The molecule has 17 heavy (non-hydrogen) atoms. The zero-order chi connectivity index (χ0) is 12.3. The SMILES string of the molecule is CNC(Cc1nc(C)c(C)s1)C1COCCO1. The molecular formula is C12H20N2O2S. The standard InChI is InChI=1S/C12H20N2O2S/c1-8-9(2)17-12(14-8)6-10(13-3)11-7-15-4-5-16-11/h10-11,13H,4-7H2,1-3H3. The van der Waals surface area contributed by atoms with Crippen molar-refractivity contribution in [2.75, 3.05) is 26.9 Å². The number of aryl methyl sites for hydroxylation is 2. The van der Waals surface area contributed by atoms with Crippen LogP contribution in [-0.4, -0.2) is 44.0 Å². The molecule has 1 aromatic heterocycles. The summed E-state index contributed by atoms with van der Waals surface area (Å²) >= 11 is 1.77. The quantitative estimate of drug-likeness (QED) is 0.882. The lowest BCUT2D eigenvalue weighted by Crippen LogP contribution is -2.46. The summed E-state index contributed by atoms with van der Waals surface area (Å²) < 4.78 is 11.2. The fourth-order valence-corrected chi connectivity index (χ4v) is 2.96. The molecule has 0 spiro atoms. The average molecular weight is 256 g/mol. The first-order valence-electron chi connectivity index (χ1n) is 6.00. The van der Waals surface area contributed by atoms with Crippen molar-refractivity contribution in [1.29, 1.82) is 0 Å². The monoisotopic (exact) mass is 256 g/mol. The molecule has 2 heterocycles. The molecule has 1 aliphatic rings. The number of likely N-dealkylation sites (N-methyl/N-ethyl adjacent to an activating group) is 1. The molecule has 5 heteroatoms. The van der Waals surface area contributed by atoms with Gasteiger partial charge in [0.25, 0.3) is 0 Å². The van der Waals surface area contributed by atoms with Crippen LogP contribution in [0.1, 0.15) is 15.6 Å². The topological polar surface area (TPSA) is 43.4 Å². The smallest absolute Gasteiger partial charge is 0.0966 e. The minimum absolute atomic E-state index is 0.137. The molecule has 0 bridgehead atoms. The maximum absolute atomic E-state index is 5.73. The number of hydrogen-bond acceptors (Lipinski definition) is 5. The lowest BCUT2D eigenvalue weighted by atomic mass is 10.1. The van der Waals surface area contributed by atoms with Crippen LogP contribution < -0.4 is 5.32 Å². The van der Waals surface area contributed by atoms with Crippen LogP contribution in [0.25, 0.3) is 0 Å². The third-order valence-electron chi connectivity index (χ3n) is 3.13. The zero-order valence-corrected chi connectivity index (χ0v) is 11.5. The predicted octanol–water partition coefficient (Wildman–Crippen LogP) is 1.31. The molecule has 1 fully saturated rings. The molecule has 1 saturated heterocycles. The van der Waals surface area contributed by atoms with Gasteiger partial charge in [-0.15, -0.1) is 11.3 Å². The van der Waals surface area contributed by atoms with Crippen molar-refractivity contribution in [1.82, 2.24) is 10.3 Å². The molecule has 0 aliphatic carbocycles.